The molecule has 0 fully saturated rings. The third kappa shape index (κ3) is 2.81. The molecule has 1 unspecified atom stereocenters. The molecule has 0 spiro atoms. The van der Waals surface area contributed by atoms with Gasteiger partial charge >= 0.3 is 0 Å². The van der Waals surface area contributed by atoms with Crippen LogP contribution in [0.15, 0.2) is 47.8 Å². The molecule has 0 radical (unpaired) electrons. The minimum atomic E-state index is -0.590. The second-order valence-corrected chi connectivity index (χ2v) is 5.76. The van der Waals surface area contributed by atoms with Crippen molar-refractivity contribution in [2.24, 2.45) is 5.84 Å². The molecule has 2 nitrogen and oxygen atoms in total. The van der Waals surface area contributed by atoms with Gasteiger partial charge in [0.2, 0.25) is 0 Å². The number of rotatable bonds is 4. The highest BCUT2D eigenvalue weighted by Gasteiger charge is 2.17. The van der Waals surface area contributed by atoms with Gasteiger partial charge in [-0.15, -0.1) is 11.3 Å². The Hall–Kier alpha value is -1.82. The summed E-state index contributed by atoms with van der Waals surface area (Å²) in [7, 11) is 0. The van der Waals surface area contributed by atoms with Gasteiger partial charge in [-0.1, -0.05) is 24.3 Å². The molecule has 0 bridgehead atoms. The van der Waals surface area contributed by atoms with Crippen LogP contribution in [0.25, 0.3) is 10.1 Å². The topological polar surface area (TPSA) is 38.0 Å². The summed E-state index contributed by atoms with van der Waals surface area (Å²) < 4.78 is 28.1. The van der Waals surface area contributed by atoms with Crippen molar-refractivity contribution in [3.8, 4) is 0 Å². The van der Waals surface area contributed by atoms with E-state index in [1.54, 1.807) is 11.3 Å². The number of halogens is 2. The molecule has 5 heteroatoms. The van der Waals surface area contributed by atoms with E-state index in [1.807, 2.05) is 24.3 Å². The Kier molecular flexibility index (Phi) is 3.96. The van der Waals surface area contributed by atoms with Crippen LogP contribution in [-0.4, -0.2) is 0 Å². The van der Waals surface area contributed by atoms with Gasteiger partial charge in [0, 0.05) is 16.3 Å². The maximum Gasteiger partial charge on any atom is 0.130 e. The van der Waals surface area contributed by atoms with E-state index in [4.69, 9.17) is 5.84 Å². The lowest BCUT2D eigenvalue weighted by Crippen LogP contribution is -2.30. The quantitative estimate of drug-likeness (QED) is 0.566. The molecule has 0 saturated carbocycles. The van der Waals surface area contributed by atoms with Crippen LogP contribution in [0.3, 0.4) is 0 Å². The van der Waals surface area contributed by atoms with Crippen molar-refractivity contribution < 1.29 is 8.78 Å². The van der Waals surface area contributed by atoms with Gasteiger partial charge in [-0.05, 0) is 34.9 Å². The lowest BCUT2D eigenvalue weighted by Gasteiger charge is -2.17. The van der Waals surface area contributed by atoms with Crippen LogP contribution >= 0.6 is 11.3 Å². The number of nitrogens with one attached hydrogen (secondary N) is 1. The number of fused-ring (bicyclic) bond motifs is 1. The molecule has 0 aliphatic carbocycles. The third-order valence-corrected chi connectivity index (χ3v) is 4.54. The molecule has 0 aliphatic heterocycles. The molecule has 21 heavy (non-hydrogen) atoms. The fourth-order valence-electron chi connectivity index (χ4n) is 2.45. The summed E-state index contributed by atoms with van der Waals surface area (Å²) >= 11 is 1.65. The average Bonchev–Trinajstić information content (AvgIpc) is 2.89. The van der Waals surface area contributed by atoms with Crippen molar-refractivity contribution in [2.45, 2.75) is 12.5 Å². The van der Waals surface area contributed by atoms with Crippen LogP contribution in [-0.2, 0) is 6.42 Å². The number of hydrazine groups is 1. The monoisotopic (exact) mass is 304 g/mol. The second kappa shape index (κ2) is 5.89. The van der Waals surface area contributed by atoms with Crippen LogP contribution < -0.4 is 11.3 Å². The highest BCUT2D eigenvalue weighted by Crippen LogP contribution is 2.30. The van der Waals surface area contributed by atoms with Crippen molar-refractivity contribution in [3.05, 3.63) is 70.6 Å². The zero-order chi connectivity index (χ0) is 14.8. The molecule has 2 aromatic carbocycles. The van der Waals surface area contributed by atoms with Crippen molar-refractivity contribution in [2.75, 3.05) is 0 Å². The second-order valence-electron chi connectivity index (χ2n) is 4.85. The molecular formula is C16H14F2N2S. The van der Waals surface area contributed by atoms with Crippen molar-refractivity contribution in [3.63, 3.8) is 0 Å². The zero-order valence-electron chi connectivity index (χ0n) is 11.1. The third-order valence-electron chi connectivity index (χ3n) is 3.52. The van der Waals surface area contributed by atoms with Crippen molar-refractivity contribution in [1.29, 1.82) is 0 Å². The summed E-state index contributed by atoms with van der Waals surface area (Å²) in [6.45, 7) is 0. The van der Waals surface area contributed by atoms with E-state index >= 15 is 0 Å². The predicted octanol–water partition coefficient (Wildman–Crippen LogP) is 3.93. The minimum absolute atomic E-state index is 0.370. The Labute approximate surface area is 125 Å². The molecule has 3 N–H and O–H groups in total. The van der Waals surface area contributed by atoms with Gasteiger partial charge in [0.15, 0.2) is 0 Å². The smallest absolute Gasteiger partial charge is 0.130 e. The fourth-order valence-corrected chi connectivity index (χ4v) is 3.43. The molecule has 3 rings (SSSR count). The van der Waals surface area contributed by atoms with E-state index in [-0.39, 0.29) is 0 Å². The Morgan fingerprint density at radius 3 is 2.71 bits per heavy atom. The van der Waals surface area contributed by atoms with E-state index in [0.29, 0.717) is 12.0 Å². The van der Waals surface area contributed by atoms with Crippen LogP contribution in [0.4, 0.5) is 8.78 Å². The van der Waals surface area contributed by atoms with Gasteiger partial charge in [-0.25, -0.2) is 8.78 Å². The highest BCUT2D eigenvalue weighted by atomic mass is 32.1. The van der Waals surface area contributed by atoms with Crippen LogP contribution in [0.5, 0.6) is 0 Å². The largest absolute Gasteiger partial charge is 0.271 e. The molecule has 3 aromatic rings. The highest BCUT2D eigenvalue weighted by molar-refractivity contribution is 7.17. The van der Waals surface area contributed by atoms with E-state index in [2.05, 4.69) is 10.8 Å². The first-order valence-electron chi connectivity index (χ1n) is 6.55. The number of hydrogen-bond acceptors (Lipinski definition) is 3. The molecule has 1 aromatic heterocycles. The molecule has 1 heterocycles. The Bertz CT molecular complexity index is 770. The zero-order valence-corrected chi connectivity index (χ0v) is 12.0. The summed E-state index contributed by atoms with van der Waals surface area (Å²) in [5.74, 6) is 4.39. The van der Waals surface area contributed by atoms with E-state index in [1.165, 1.54) is 16.8 Å². The lowest BCUT2D eigenvalue weighted by atomic mass is 9.98. The molecule has 108 valence electrons. The molecular weight excluding hydrogens is 290 g/mol. The van der Waals surface area contributed by atoms with Gasteiger partial charge in [0.05, 0.1) is 6.04 Å². The summed E-state index contributed by atoms with van der Waals surface area (Å²) in [6, 6.07) is 11.2. The molecule has 0 amide bonds. The molecule has 0 aliphatic rings. The number of nitrogens with two attached hydrogens (primary N) is 1. The van der Waals surface area contributed by atoms with Gasteiger partial charge in [0.1, 0.15) is 11.6 Å². The fraction of sp³-hybridized carbons (Fsp3) is 0.125. The molecule has 1 atom stereocenters. The number of hydrogen-bond donors (Lipinski definition) is 2. The predicted molar refractivity (Wildman–Crippen MR) is 82.0 cm³/mol. The summed E-state index contributed by atoms with van der Waals surface area (Å²) in [6.07, 6.45) is 0.545. The summed E-state index contributed by atoms with van der Waals surface area (Å²) in [5, 5.41) is 3.20. The normalized spacial score (nSPS) is 12.7. The lowest BCUT2D eigenvalue weighted by molar-refractivity contribution is 0.503. The first-order valence-corrected chi connectivity index (χ1v) is 7.43. The van der Waals surface area contributed by atoms with Crippen LogP contribution in [0.2, 0.25) is 0 Å². The Morgan fingerprint density at radius 2 is 1.95 bits per heavy atom. The van der Waals surface area contributed by atoms with E-state index in [0.717, 1.165) is 17.0 Å². The van der Waals surface area contributed by atoms with E-state index < -0.39 is 17.7 Å². The standard InChI is InChI=1S/C16H14F2N2S/c17-11-5-6-13(14(18)8-11)15(20-19)7-10-9-21-16-4-2-1-3-12(10)16/h1-6,8-9,15,20H,7,19H2. The van der Waals surface area contributed by atoms with Gasteiger partial charge in [0.25, 0.3) is 0 Å². The van der Waals surface area contributed by atoms with Crippen LogP contribution in [0, 0.1) is 11.6 Å². The minimum Gasteiger partial charge on any atom is -0.271 e. The van der Waals surface area contributed by atoms with Crippen LogP contribution in [0.1, 0.15) is 17.2 Å². The maximum absolute atomic E-state index is 13.9. The van der Waals surface area contributed by atoms with Crippen molar-refractivity contribution in [1.82, 2.24) is 5.43 Å². The first kappa shape index (κ1) is 14.1. The maximum atomic E-state index is 13.9. The molecule has 0 saturated heterocycles. The van der Waals surface area contributed by atoms with E-state index in [9.17, 15) is 8.78 Å². The number of thiophene rings is 1. The number of benzene rings is 2. The SMILES string of the molecule is NNC(Cc1csc2ccccc12)c1ccc(F)cc1F. The van der Waals surface area contributed by atoms with Gasteiger partial charge < -0.3 is 0 Å². The average molecular weight is 304 g/mol. The first-order chi connectivity index (χ1) is 10.2. The Balaban J connectivity index is 1.94. The summed E-state index contributed by atoms with van der Waals surface area (Å²) in [5.41, 5.74) is 4.09. The van der Waals surface area contributed by atoms with Crippen molar-refractivity contribution >= 4 is 21.4 Å². The summed E-state index contributed by atoms with van der Waals surface area (Å²) in [4.78, 5) is 0. The Morgan fingerprint density at radius 1 is 1.14 bits per heavy atom. The van der Waals surface area contributed by atoms with Gasteiger partial charge in [-0.2, -0.15) is 0 Å². The van der Waals surface area contributed by atoms with Gasteiger partial charge in [-0.3, -0.25) is 11.3 Å².